The normalized spacial score (nSPS) is 31.8. The van der Waals surface area contributed by atoms with Gasteiger partial charge in [-0.3, -0.25) is 10.1 Å². The van der Waals surface area contributed by atoms with Gasteiger partial charge in [-0.25, -0.2) is 0 Å². The van der Waals surface area contributed by atoms with Crippen LogP contribution in [0.4, 0.5) is 0 Å². The van der Waals surface area contributed by atoms with Crippen molar-refractivity contribution in [3.63, 3.8) is 0 Å². The minimum atomic E-state index is -1.53. The van der Waals surface area contributed by atoms with Crippen molar-refractivity contribution >= 4 is 17.7 Å². The van der Waals surface area contributed by atoms with E-state index >= 15 is 0 Å². The van der Waals surface area contributed by atoms with Crippen molar-refractivity contribution in [2.45, 2.75) is 42.8 Å². The van der Waals surface area contributed by atoms with Crippen LogP contribution in [0.25, 0.3) is 0 Å². The van der Waals surface area contributed by atoms with E-state index in [2.05, 4.69) is 5.32 Å². The molecule has 1 aliphatic heterocycles. The third-order valence-electron chi connectivity index (χ3n) is 2.61. The molecule has 0 saturated carbocycles. The molecule has 0 amide bonds. The predicted molar refractivity (Wildman–Crippen MR) is 60.5 cm³/mol. The van der Waals surface area contributed by atoms with Gasteiger partial charge < -0.3 is 25.5 Å². The first-order valence-corrected chi connectivity index (χ1v) is 6.22. The average Bonchev–Trinajstić information content (AvgIpc) is 2.75. The van der Waals surface area contributed by atoms with Gasteiger partial charge in [-0.15, -0.1) is 11.8 Å². The zero-order chi connectivity index (χ0) is 13.2. The molecular formula is C9H17NO6S. The summed E-state index contributed by atoms with van der Waals surface area (Å²) < 4.78 is 0. The SMILES string of the molecule is C[C@H](O)[C@@H](O)[C@@H](O)[C@H](O)C1N[C@H](C(=O)O)CS1. The molecular weight excluding hydrogens is 250 g/mol. The van der Waals surface area contributed by atoms with Crippen LogP contribution in [-0.2, 0) is 4.79 Å². The second-order valence-electron chi connectivity index (χ2n) is 4.02. The Labute approximate surface area is 102 Å². The van der Waals surface area contributed by atoms with Crippen LogP contribution in [0.15, 0.2) is 0 Å². The fourth-order valence-corrected chi connectivity index (χ4v) is 2.76. The first-order chi connectivity index (χ1) is 7.84. The van der Waals surface area contributed by atoms with Crippen LogP contribution in [0.5, 0.6) is 0 Å². The summed E-state index contributed by atoms with van der Waals surface area (Å²) in [7, 11) is 0. The standard InChI is InChI=1S/C9H17NO6S/c1-3(11)5(12)6(13)7(14)8-10-4(2-17-8)9(15)16/h3-8,10-14H,2H2,1H3,(H,15,16)/t3-,4-,5+,6+,7-,8?/m0/s1. The Hall–Kier alpha value is -0.380. The number of hydrogen-bond donors (Lipinski definition) is 6. The molecule has 1 fully saturated rings. The number of aliphatic carboxylic acids is 1. The summed E-state index contributed by atoms with van der Waals surface area (Å²) in [5.41, 5.74) is 0. The van der Waals surface area contributed by atoms with Gasteiger partial charge in [0, 0.05) is 5.75 Å². The summed E-state index contributed by atoms with van der Waals surface area (Å²) in [6.07, 6.45) is -5.54. The lowest BCUT2D eigenvalue weighted by Crippen LogP contribution is -2.51. The summed E-state index contributed by atoms with van der Waals surface area (Å²) in [6.45, 7) is 1.29. The van der Waals surface area contributed by atoms with E-state index < -0.39 is 41.8 Å². The molecule has 0 radical (unpaired) electrons. The van der Waals surface area contributed by atoms with Gasteiger partial charge in [0.1, 0.15) is 24.4 Å². The lowest BCUT2D eigenvalue weighted by Gasteiger charge is -2.28. The monoisotopic (exact) mass is 267 g/mol. The van der Waals surface area contributed by atoms with Crippen LogP contribution in [0.1, 0.15) is 6.92 Å². The molecule has 6 N–H and O–H groups in total. The van der Waals surface area contributed by atoms with Crippen molar-refractivity contribution in [1.29, 1.82) is 0 Å². The molecule has 1 saturated heterocycles. The Morgan fingerprint density at radius 3 is 2.29 bits per heavy atom. The highest BCUT2D eigenvalue weighted by Gasteiger charge is 2.39. The number of aliphatic hydroxyl groups excluding tert-OH is 4. The van der Waals surface area contributed by atoms with Crippen LogP contribution < -0.4 is 5.32 Å². The van der Waals surface area contributed by atoms with Crippen molar-refractivity contribution in [3.8, 4) is 0 Å². The Bertz CT molecular complexity index is 276. The summed E-state index contributed by atoms with van der Waals surface area (Å²) in [4.78, 5) is 10.7. The maximum atomic E-state index is 10.7. The maximum absolute atomic E-state index is 10.7. The number of rotatable bonds is 5. The van der Waals surface area contributed by atoms with E-state index in [-0.39, 0.29) is 5.75 Å². The molecule has 0 aromatic heterocycles. The Morgan fingerprint density at radius 1 is 1.29 bits per heavy atom. The lowest BCUT2D eigenvalue weighted by atomic mass is 10.0. The Balaban J connectivity index is 2.54. The largest absolute Gasteiger partial charge is 0.480 e. The highest BCUT2D eigenvalue weighted by molar-refractivity contribution is 8.00. The summed E-state index contributed by atoms with van der Waals surface area (Å²) in [6, 6.07) is -0.782. The van der Waals surface area contributed by atoms with Crippen LogP contribution >= 0.6 is 11.8 Å². The van der Waals surface area contributed by atoms with E-state index in [0.29, 0.717) is 0 Å². The quantitative estimate of drug-likeness (QED) is 0.324. The number of carboxylic acids is 1. The molecule has 0 aromatic carbocycles. The van der Waals surface area contributed by atoms with Gasteiger partial charge >= 0.3 is 5.97 Å². The van der Waals surface area contributed by atoms with Gasteiger partial charge in [0.2, 0.25) is 0 Å². The zero-order valence-electron chi connectivity index (χ0n) is 9.22. The Morgan fingerprint density at radius 2 is 1.88 bits per heavy atom. The molecule has 17 heavy (non-hydrogen) atoms. The highest BCUT2D eigenvalue weighted by atomic mass is 32.2. The van der Waals surface area contributed by atoms with Crippen LogP contribution in [0.3, 0.4) is 0 Å². The predicted octanol–water partition coefficient (Wildman–Crippen LogP) is -2.43. The van der Waals surface area contributed by atoms with Gasteiger partial charge in [0.25, 0.3) is 0 Å². The first kappa shape index (κ1) is 14.7. The van der Waals surface area contributed by atoms with Crippen LogP contribution in [0, 0.1) is 0 Å². The molecule has 100 valence electrons. The fourth-order valence-electron chi connectivity index (χ4n) is 1.50. The van der Waals surface area contributed by atoms with E-state index in [4.69, 9.17) is 10.2 Å². The molecule has 6 atom stereocenters. The average molecular weight is 267 g/mol. The minimum absolute atomic E-state index is 0.272. The smallest absolute Gasteiger partial charge is 0.321 e. The third-order valence-corrected chi connectivity index (χ3v) is 3.91. The van der Waals surface area contributed by atoms with Gasteiger partial charge in [-0.2, -0.15) is 0 Å². The molecule has 8 heteroatoms. The number of hydrogen-bond acceptors (Lipinski definition) is 7. The van der Waals surface area contributed by atoms with E-state index in [1.54, 1.807) is 0 Å². The minimum Gasteiger partial charge on any atom is -0.480 e. The lowest BCUT2D eigenvalue weighted by molar-refractivity contribution is -0.139. The van der Waals surface area contributed by atoms with Gasteiger partial charge in [-0.05, 0) is 6.92 Å². The molecule has 0 aromatic rings. The number of aliphatic hydroxyl groups is 4. The van der Waals surface area contributed by atoms with E-state index in [1.807, 2.05) is 0 Å². The second kappa shape index (κ2) is 5.98. The summed E-state index contributed by atoms with van der Waals surface area (Å²) in [5.74, 6) is -0.757. The molecule has 7 nitrogen and oxygen atoms in total. The van der Waals surface area contributed by atoms with Crippen molar-refractivity contribution in [2.24, 2.45) is 0 Å². The number of carboxylic acid groups (broad SMARTS) is 1. The third kappa shape index (κ3) is 3.54. The van der Waals surface area contributed by atoms with Crippen LogP contribution in [0.2, 0.25) is 0 Å². The fraction of sp³-hybridized carbons (Fsp3) is 0.889. The molecule has 0 bridgehead atoms. The topological polar surface area (TPSA) is 130 Å². The molecule has 1 rings (SSSR count). The summed E-state index contributed by atoms with van der Waals surface area (Å²) in [5, 5.41) is 48.5. The van der Waals surface area contributed by atoms with Gasteiger partial charge in [0.15, 0.2) is 0 Å². The van der Waals surface area contributed by atoms with Crippen molar-refractivity contribution in [3.05, 3.63) is 0 Å². The van der Waals surface area contributed by atoms with Crippen molar-refractivity contribution in [2.75, 3.05) is 5.75 Å². The van der Waals surface area contributed by atoms with Crippen LogP contribution in [-0.4, -0.2) is 73.1 Å². The van der Waals surface area contributed by atoms with Gasteiger partial charge in [-0.1, -0.05) is 0 Å². The highest BCUT2D eigenvalue weighted by Crippen LogP contribution is 2.24. The first-order valence-electron chi connectivity index (χ1n) is 5.17. The Kier molecular flexibility index (Phi) is 5.17. The second-order valence-corrected chi connectivity index (χ2v) is 5.20. The van der Waals surface area contributed by atoms with Gasteiger partial charge in [0.05, 0.1) is 11.5 Å². The molecule has 1 heterocycles. The maximum Gasteiger partial charge on any atom is 0.321 e. The van der Waals surface area contributed by atoms with Crippen molar-refractivity contribution < 1.29 is 30.3 Å². The summed E-state index contributed by atoms with van der Waals surface area (Å²) >= 11 is 1.15. The van der Waals surface area contributed by atoms with E-state index in [0.717, 1.165) is 11.8 Å². The van der Waals surface area contributed by atoms with E-state index in [1.165, 1.54) is 6.92 Å². The number of carbonyl (C=O) groups is 1. The molecule has 0 aliphatic carbocycles. The molecule has 1 unspecified atom stereocenters. The number of thioether (sulfide) groups is 1. The van der Waals surface area contributed by atoms with Crippen molar-refractivity contribution in [1.82, 2.24) is 5.32 Å². The molecule has 0 spiro atoms. The number of nitrogens with one attached hydrogen (secondary N) is 1. The van der Waals surface area contributed by atoms with E-state index in [9.17, 15) is 20.1 Å². The molecule has 1 aliphatic rings. The zero-order valence-corrected chi connectivity index (χ0v) is 10.0.